The van der Waals surface area contributed by atoms with Crippen molar-refractivity contribution in [3.63, 3.8) is 0 Å². The first kappa shape index (κ1) is 23.4. The molecule has 0 aliphatic rings. The minimum absolute atomic E-state index is 0.932. The lowest BCUT2D eigenvalue weighted by molar-refractivity contribution is 1.10. The second-order valence-corrected chi connectivity index (χ2v) is 10.7. The maximum absolute atomic E-state index is 2.41. The van der Waals surface area contributed by atoms with E-state index in [0.717, 1.165) is 19.3 Å². The van der Waals surface area contributed by atoms with E-state index in [2.05, 4.69) is 146 Å². The number of hydrogen-bond donors (Lipinski definition) is 0. The van der Waals surface area contributed by atoms with E-state index < -0.39 is 0 Å². The zero-order chi connectivity index (χ0) is 26.0. The van der Waals surface area contributed by atoms with Crippen LogP contribution >= 0.6 is 0 Å². The molecule has 0 heteroatoms. The Balaban J connectivity index is 1.24. The number of fused-ring (bicyclic) bond motifs is 3. The van der Waals surface area contributed by atoms with E-state index in [9.17, 15) is 0 Å². The van der Waals surface area contributed by atoms with Crippen molar-refractivity contribution in [3.8, 4) is 0 Å². The van der Waals surface area contributed by atoms with E-state index >= 15 is 0 Å². The maximum Gasteiger partial charge on any atom is -0.00253 e. The Labute approximate surface area is 230 Å². The lowest BCUT2D eigenvalue weighted by Gasteiger charge is -2.12. The largest absolute Gasteiger partial charge is 0.0616 e. The minimum atomic E-state index is 0.932. The molecule has 7 rings (SSSR count). The smallest absolute Gasteiger partial charge is 0.00253 e. The summed E-state index contributed by atoms with van der Waals surface area (Å²) in [5.74, 6) is 0. The molecule has 0 nitrogen and oxygen atoms in total. The molecule has 0 aliphatic carbocycles. The van der Waals surface area contributed by atoms with E-state index in [1.807, 2.05) is 0 Å². The van der Waals surface area contributed by atoms with E-state index in [-0.39, 0.29) is 0 Å². The average molecular weight is 499 g/mol. The summed E-state index contributed by atoms with van der Waals surface area (Å²) >= 11 is 0. The second-order valence-electron chi connectivity index (χ2n) is 10.7. The van der Waals surface area contributed by atoms with Crippen LogP contribution in [0.3, 0.4) is 0 Å². The molecule has 0 saturated heterocycles. The molecular formula is C39H30. The van der Waals surface area contributed by atoms with Crippen LogP contribution in [0.4, 0.5) is 0 Å². The zero-order valence-electron chi connectivity index (χ0n) is 22.0. The molecule has 0 saturated carbocycles. The Hall–Kier alpha value is -4.68. The van der Waals surface area contributed by atoms with Crippen molar-refractivity contribution in [1.82, 2.24) is 0 Å². The Bertz CT molecular complexity index is 1700. The molecule has 0 amide bonds. The Morgan fingerprint density at radius 2 is 0.513 bits per heavy atom. The zero-order valence-corrected chi connectivity index (χ0v) is 22.0. The molecule has 0 heterocycles. The minimum Gasteiger partial charge on any atom is -0.0616 e. The Morgan fingerprint density at radius 1 is 0.231 bits per heavy atom. The van der Waals surface area contributed by atoms with E-state index in [1.165, 1.54) is 65.7 Å². The van der Waals surface area contributed by atoms with Gasteiger partial charge in [0.25, 0.3) is 0 Å². The summed E-state index contributed by atoms with van der Waals surface area (Å²) in [5.41, 5.74) is 8.19. The molecule has 7 aromatic rings. The molecule has 0 bridgehead atoms. The molecule has 186 valence electrons. The first-order valence-electron chi connectivity index (χ1n) is 13.8. The van der Waals surface area contributed by atoms with Crippen LogP contribution in [0.2, 0.25) is 0 Å². The maximum atomic E-state index is 2.41. The number of rotatable bonds is 6. The van der Waals surface area contributed by atoms with E-state index in [0.29, 0.717) is 0 Å². The third-order valence-electron chi connectivity index (χ3n) is 7.78. The summed E-state index contributed by atoms with van der Waals surface area (Å²) in [7, 11) is 0. The SMILES string of the molecule is c1ccc2cc(Cc3cc(Cc4ccc5ccccc5c4)cc(Cc4ccc5ccccc5c4)c3)ccc2c1. The van der Waals surface area contributed by atoms with Gasteiger partial charge in [0.2, 0.25) is 0 Å². The second kappa shape index (κ2) is 10.2. The fourth-order valence-electron chi connectivity index (χ4n) is 5.90. The average Bonchev–Trinajstić information content (AvgIpc) is 2.97. The fourth-order valence-corrected chi connectivity index (χ4v) is 5.90. The normalized spacial score (nSPS) is 11.4. The fraction of sp³-hybridized carbons (Fsp3) is 0.0769. The number of hydrogen-bond acceptors (Lipinski definition) is 0. The van der Waals surface area contributed by atoms with Crippen molar-refractivity contribution in [2.75, 3.05) is 0 Å². The predicted octanol–water partition coefficient (Wildman–Crippen LogP) is 9.92. The van der Waals surface area contributed by atoms with Crippen LogP contribution in [0.15, 0.2) is 146 Å². The van der Waals surface area contributed by atoms with Crippen LogP contribution in [0.25, 0.3) is 32.3 Å². The van der Waals surface area contributed by atoms with Gasteiger partial charge in [-0.3, -0.25) is 0 Å². The van der Waals surface area contributed by atoms with Crippen molar-refractivity contribution < 1.29 is 0 Å². The molecule has 0 unspecified atom stereocenters. The lowest BCUT2D eigenvalue weighted by Crippen LogP contribution is -1.98. The summed E-state index contributed by atoms with van der Waals surface area (Å²) < 4.78 is 0. The van der Waals surface area contributed by atoms with Gasteiger partial charge >= 0.3 is 0 Å². The van der Waals surface area contributed by atoms with Crippen molar-refractivity contribution in [2.24, 2.45) is 0 Å². The van der Waals surface area contributed by atoms with Crippen molar-refractivity contribution in [3.05, 3.63) is 179 Å². The lowest BCUT2D eigenvalue weighted by atomic mass is 9.92. The molecular weight excluding hydrogens is 468 g/mol. The number of benzene rings is 7. The Morgan fingerprint density at radius 3 is 0.821 bits per heavy atom. The quantitative estimate of drug-likeness (QED) is 0.214. The van der Waals surface area contributed by atoms with Gasteiger partial charge in [0.1, 0.15) is 0 Å². The van der Waals surface area contributed by atoms with Gasteiger partial charge < -0.3 is 0 Å². The van der Waals surface area contributed by atoms with Gasteiger partial charge in [-0.2, -0.15) is 0 Å². The van der Waals surface area contributed by atoms with Gasteiger partial charge in [-0.25, -0.2) is 0 Å². The third kappa shape index (κ3) is 5.19. The topological polar surface area (TPSA) is 0 Å². The van der Waals surface area contributed by atoms with Gasteiger partial charge in [-0.1, -0.05) is 146 Å². The molecule has 0 spiro atoms. The summed E-state index contributed by atoms with van der Waals surface area (Å²) in [6.07, 6.45) is 2.79. The highest BCUT2D eigenvalue weighted by molar-refractivity contribution is 5.84. The molecule has 0 N–H and O–H groups in total. The molecule has 0 atom stereocenters. The van der Waals surface area contributed by atoms with Crippen LogP contribution in [-0.4, -0.2) is 0 Å². The van der Waals surface area contributed by atoms with Crippen LogP contribution in [0, 0.1) is 0 Å². The van der Waals surface area contributed by atoms with Crippen molar-refractivity contribution >= 4 is 32.3 Å². The van der Waals surface area contributed by atoms with Gasteiger partial charge in [0.05, 0.1) is 0 Å². The molecule has 0 fully saturated rings. The third-order valence-corrected chi connectivity index (χ3v) is 7.78. The Kier molecular flexibility index (Phi) is 6.15. The first-order valence-corrected chi connectivity index (χ1v) is 13.8. The van der Waals surface area contributed by atoms with Gasteiger partial charge in [-0.15, -0.1) is 0 Å². The van der Waals surface area contributed by atoms with Crippen LogP contribution in [0.5, 0.6) is 0 Å². The summed E-state index contributed by atoms with van der Waals surface area (Å²) in [5, 5.41) is 7.80. The van der Waals surface area contributed by atoms with E-state index in [1.54, 1.807) is 0 Å². The highest BCUT2D eigenvalue weighted by Gasteiger charge is 2.08. The molecule has 0 aromatic heterocycles. The molecule has 0 radical (unpaired) electrons. The van der Waals surface area contributed by atoms with Crippen molar-refractivity contribution in [1.29, 1.82) is 0 Å². The standard InChI is InChI=1S/C39H30/c1-4-10-37-25-28(13-16-34(37)7-1)19-31-22-32(20-29-14-17-35-8-2-5-11-38(35)26-29)24-33(23-31)21-30-15-18-36-9-3-6-12-39(36)27-30/h1-18,22-27H,19-21H2. The van der Waals surface area contributed by atoms with Gasteiger partial charge in [0.15, 0.2) is 0 Å². The highest BCUT2D eigenvalue weighted by atomic mass is 14.1. The van der Waals surface area contributed by atoms with Crippen LogP contribution in [-0.2, 0) is 19.3 Å². The first-order chi connectivity index (χ1) is 19.2. The van der Waals surface area contributed by atoms with Gasteiger partial charge in [0, 0.05) is 0 Å². The van der Waals surface area contributed by atoms with Crippen LogP contribution < -0.4 is 0 Å². The molecule has 7 aromatic carbocycles. The summed E-state index contributed by atoms with van der Waals surface area (Å²) in [6, 6.07) is 53.7. The summed E-state index contributed by atoms with van der Waals surface area (Å²) in [4.78, 5) is 0. The van der Waals surface area contributed by atoms with Crippen molar-refractivity contribution in [2.45, 2.75) is 19.3 Å². The van der Waals surface area contributed by atoms with Gasteiger partial charge in [-0.05, 0) is 85.0 Å². The predicted molar refractivity (Wildman–Crippen MR) is 167 cm³/mol. The highest BCUT2D eigenvalue weighted by Crippen LogP contribution is 2.25. The molecule has 39 heavy (non-hydrogen) atoms. The van der Waals surface area contributed by atoms with Crippen LogP contribution in [0.1, 0.15) is 33.4 Å². The molecule has 0 aliphatic heterocycles. The monoisotopic (exact) mass is 498 g/mol. The van der Waals surface area contributed by atoms with E-state index in [4.69, 9.17) is 0 Å². The summed E-state index contributed by atoms with van der Waals surface area (Å²) in [6.45, 7) is 0.